The number of rotatable bonds is 7. The molecule has 1 aliphatic heterocycles. The second-order valence-electron chi connectivity index (χ2n) is 4.05. The lowest BCUT2D eigenvalue weighted by molar-refractivity contribution is -0.148. The summed E-state index contributed by atoms with van der Waals surface area (Å²) >= 11 is 0. The lowest BCUT2D eigenvalue weighted by atomic mass is 10.1. The van der Waals surface area contributed by atoms with Crippen molar-refractivity contribution in [3.8, 4) is 0 Å². The van der Waals surface area contributed by atoms with Crippen LogP contribution in [0, 0.1) is 5.92 Å². The van der Waals surface area contributed by atoms with Crippen LogP contribution < -0.4 is 5.73 Å². The van der Waals surface area contributed by atoms with Crippen LogP contribution in [-0.2, 0) is 14.3 Å². The molecule has 1 rings (SSSR count). The van der Waals surface area contributed by atoms with Gasteiger partial charge < -0.3 is 20.1 Å². The van der Waals surface area contributed by atoms with Crippen LogP contribution in [0.25, 0.3) is 0 Å². The van der Waals surface area contributed by atoms with Crippen molar-refractivity contribution >= 4 is 5.97 Å². The number of carbonyl (C=O) groups excluding carboxylic acids is 1. The first kappa shape index (κ1) is 13.4. The topological polar surface area (TPSA) is 64.8 Å². The molecular formula is C11H22N2O3. The van der Waals surface area contributed by atoms with E-state index in [1.165, 1.54) is 6.42 Å². The molecule has 0 aromatic rings. The summed E-state index contributed by atoms with van der Waals surface area (Å²) in [4.78, 5) is 13.3. The Bertz CT molecular complexity index is 211. The van der Waals surface area contributed by atoms with E-state index >= 15 is 0 Å². The molecule has 0 aromatic heterocycles. The van der Waals surface area contributed by atoms with Crippen molar-refractivity contribution in [2.45, 2.75) is 13.3 Å². The Labute approximate surface area is 96.9 Å². The zero-order valence-electron chi connectivity index (χ0n) is 9.98. The molecule has 0 spiro atoms. The summed E-state index contributed by atoms with van der Waals surface area (Å²) in [5.74, 6) is 0.341. The number of hydrogen-bond donors (Lipinski definition) is 1. The second kappa shape index (κ2) is 7.60. The van der Waals surface area contributed by atoms with Crippen molar-refractivity contribution in [3.63, 3.8) is 0 Å². The first-order valence-electron chi connectivity index (χ1n) is 5.92. The van der Waals surface area contributed by atoms with Gasteiger partial charge in [-0.3, -0.25) is 0 Å². The van der Waals surface area contributed by atoms with Gasteiger partial charge in [0.05, 0.1) is 13.2 Å². The van der Waals surface area contributed by atoms with E-state index in [-0.39, 0.29) is 12.6 Å². The van der Waals surface area contributed by atoms with Gasteiger partial charge in [0.15, 0.2) is 0 Å². The van der Waals surface area contributed by atoms with E-state index in [2.05, 4.69) is 4.90 Å². The summed E-state index contributed by atoms with van der Waals surface area (Å²) in [5.41, 5.74) is 5.60. The van der Waals surface area contributed by atoms with Gasteiger partial charge >= 0.3 is 5.97 Å². The normalized spacial score (nSPS) is 21.2. The lowest BCUT2D eigenvalue weighted by Gasteiger charge is -2.15. The van der Waals surface area contributed by atoms with Gasteiger partial charge in [0.25, 0.3) is 0 Å². The quantitative estimate of drug-likeness (QED) is 0.486. The van der Waals surface area contributed by atoms with Crippen molar-refractivity contribution in [1.29, 1.82) is 0 Å². The monoisotopic (exact) mass is 230 g/mol. The zero-order valence-corrected chi connectivity index (χ0v) is 9.98. The standard InChI is InChI=1S/C11H22N2O3/c1-2-16-11(14)9-15-6-5-13-4-3-10(7-12)8-13/h10H,2-9,12H2,1H3. The molecule has 94 valence electrons. The van der Waals surface area contributed by atoms with Crippen molar-refractivity contribution < 1.29 is 14.3 Å². The maximum absolute atomic E-state index is 11.0. The molecule has 0 saturated carbocycles. The minimum atomic E-state index is -0.288. The fourth-order valence-electron chi connectivity index (χ4n) is 1.86. The first-order valence-corrected chi connectivity index (χ1v) is 5.92. The van der Waals surface area contributed by atoms with Crippen LogP contribution in [0.2, 0.25) is 0 Å². The van der Waals surface area contributed by atoms with Crippen LogP contribution in [-0.4, -0.2) is 56.9 Å². The minimum absolute atomic E-state index is 0.0575. The minimum Gasteiger partial charge on any atom is -0.464 e. The van der Waals surface area contributed by atoms with Crippen molar-refractivity contribution in [2.24, 2.45) is 11.7 Å². The molecule has 1 aliphatic rings. The number of esters is 1. The number of carbonyl (C=O) groups is 1. The third kappa shape index (κ3) is 4.92. The van der Waals surface area contributed by atoms with E-state index in [9.17, 15) is 4.79 Å². The van der Waals surface area contributed by atoms with E-state index in [0.717, 1.165) is 26.2 Å². The van der Waals surface area contributed by atoms with Crippen molar-refractivity contribution in [1.82, 2.24) is 4.90 Å². The summed E-state index contributed by atoms with van der Waals surface area (Å²) in [6, 6.07) is 0. The Morgan fingerprint density at radius 1 is 1.56 bits per heavy atom. The Kier molecular flexibility index (Phi) is 6.37. The highest BCUT2D eigenvalue weighted by Gasteiger charge is 2.20. The average molecular weight is 230 g/mol. The predicted octanol–water partition coefficient (Wildman–Crippen LogP) is -0.153. The molecular weight excluding hydrogens is 208 g/mol. The van der Waals surface area contributed by atoms with Crippen LogP contribution >= 0.6 is 0 Å². The highest BCUT2D eigenvalue weighted by atomic mass is 16.6. The summed E-state index contributed by atoms with van der Waals surface area (Å²) in [7, 11) is 0. The summed E-state index contributed by atoms with van der Waals surface area (Å²) in [6.45, 7) is 6.61. The van der Waals surface area contributed by atoms with Gasteiger partial charge in [0.1, 0.15) is 6.61 Å². The van der Waals surface area contributed by atoms with Gasteiger partial charge in [-0.1, -0.05) is 0 Å². The molecule has 1 heterocycles. The highest BCUT2D eigenvalue weighted by molar-refractivity contribution is 5.70. The average Bonchev–Trinajstić information content (AvgIpc) is 2.73. The molecule has 0 radical (unpaired) electrons. The molecule has 5 heteroatoms. The molecule has 2 N–H and O–H groups in total. The summed E-state index contributed by atoms with van der Waals surface area (Å²) in [6.07, 6.45) is 1.17. The van der Waals surface area contributed by atoms with Gasteiger partial charge in [-0.15, -0.1) is 0 Å². The van der Waals surface area contributed by atoms with Gasteiger partial charge in [-0.2, -0.15) is 0 Å². The Hall–Kier alpha value is -0.650. The van der Waals surface area contributed by atoms with Gasteiger partial charge in [0.2, 0.25) is 0 Å². The number of likely N-dealkylation sites (tertiary alicyclic amines) is 1. The maximum Gasteiger partial charge on any atom is 0.332 e. The van der Waals surface area contributed by atoms with Gasteiger partial charge in [-0.05, 0) is 32.4 Å². The van der Waals surface area contributed by atoms with Crippen LogP contribution in [0.3, 0.4) is 0 Å². The SMILES string of the molecule is CCOC(=O)COCCN1CCC(CN)C1. The molecule has 5 nitrogen and oxygen atoms in total. The van der Waals surface area contributed by atoms with E-state index in [4.69, 9.17) is 15.2 Å². The number of hydrogen-bond acceptors (Lipinski definition) is 5. The molecule has 1 saturated heterocycles. The van der Waals surface area contributed by atoms with E-state index in [1.807, 2.05) is 0 Å². The highest BCUT2D eigenvalue weighted by Crippen LogP contribution is 2.13. The number of nitrogens with zero attached hydrogens (tertiary/aromatic N) is 1. The van der Waals surface area contributed by atoms with Crippen LogP contribution in [0.5, 0.6) is 0 Å². The Morgan fingerprint density at radius 2 is 2.38 bits per heavy atom. The van der Waals surface area contributed by atoms with Crippen molar-refractivity contribution in [2.75, 3.05) is 46.0 Å². The second-order valence-corrected chi connectivity index (χ2v) is 4.05. The molecule has 1 fully saturated rings. The fraction of sp³-hybridized carbons (Fsp3) is 0.909. The van der Waals surface area contributed by atoms with Crippen LogP contribution in [0.15, 0.2) is 0 Å². The smallest absolute Gasteiger partial charge is 0.332 e. The Balaban J connectivity index is 1.97. The lowest BCUT2D eigenvalue weighted by Crippen LogP contribution is -2.27. The van der Waals surface area contributed by atoms with Crippen molar-refractivity contribution in [3.05, 3.63) is 0 Å². The number of ether oxygens (including phenoxy) is 2. The zero-order chi connectivity index (χ0) is 11.8. The first-order chi connectivity index (χ1) is 7.76. The third-order valence-corrected chi connectivity index (χ3v) is 2.78. The van der Waals surface area contributed by atoms with E-state index in [1.54, 1.807) is 6.92 Å². The third-order valence-electron chi connectivity index (χ3n) is 2.78. The van der Waals surface area contributed by atoms with E-state index in [0.29, 0.717) is 19.1 Å². The molecule has 0 aromatic carbocycles. The summed E-state index contributed by atoms with van der Waals surface area (Å²) in [5, 5.41) is 0. The van der Waals surface area contributed by atoms with Gasteiger partial charge in [-0.25, -0.2) is 4.79 Å². The predicted molar refractivity (Wildman–Crippen MR) is 61.1 cm³/mol. The molecule has 0 aliphatic carbocycles. The van der Waals surface area contributed by atoms with Crippen LogP contribution in [0.4, 0.5) is 0 Å². The molecule has 1 unspecified atom stereocenters. The molecule has 0 amide bonds. The molecule has 1 atom stereocenters. The van der Waals surface area contributed by atoms with Gasteiger partial charge in [0, 0.05) is 13.1 Å². The molecule has 16 heavy (non-hydrogen) atoms. The maximum atomic E-state index is 11.0. The summed E-state index contributed by atoms with van der Waals surface area (Å²) < 4.78 is 9.99. The van der Waals surface area contributed by atoms with Crippen LogP contribution in [0.1, 0.15) is 13.3 Å². The number of nitrogens with two attached hydrogens (primary N) is 1. The Morgan fingerprint density at radius 3 is 3.00 bits per heavy atom. The van der Waals surface area contributed by atoms with E-state index < -0.39 is 0 Å². The molecule has 0 bridgehead atoms. The largest absolute Gasteiger partial charge is 0.464 e. The fourth-order valence-corrected chi connectivity index (χ4v) is 1.86.